The van der Waals surface area contributed by atoms with E-state index in [0.29, 0.717) is 0 Å². The van der Waals surface area contributed by atoms with Gasteiger partial charge in [-0.1, -0.05) is 0 Å². The Labute approximate surface area is 50.8 Å². The van der Waals surface area contributed by atoms with Crippen LogP contribution in [-0.4, -0.2) is 19.6 Å². The van der Waals surface area contributed by atoms with Crippen LogP contribution in [0.1, 0.15) is 0 Å². The van der Waals surface area contributed by atoms with Gasteiger partial charge in [-0.2, -0.15) is 0 Å². The zero-order valence-corrected chi connectivity index (χ0v) is 5.87. The SMILES string of the molecule is O=P(O)(O)[CH]P(=O)(O)O. The zero-order chi connectivity index (χ0) is 7.71. The molecule has 0 spiro atoms. The van der Waals surface area contributed by atoms with Crippen molar-refractivity contribution in [2.45, 2.75) is 0 Å². The summed E-state index contributed by atoms with van der Waals surface area (Å²) in [6.45, 7) is 0. The van der Waals surface area contributed by atoms with Gasteiger partial charge in [0, 0.05) is 0 Å². The molecule has 55 valence electrons. The normalized spacial score (nSPS) is 13.8. The fraction of sp³-hybridized carbons (Fsp3) is 0. The molecule has 0 heterocycles. The lowest BCUT2D eigenvalue weighted by Gasteiger charge is -2.02. The molecule has 9 heavy (non-hydrogen) atoms. The van der Waals surface area contributed by atoms with E-state index in [2.05, 4.69) is 0 Å². The highest BCUT2D eigenvalue weighted by Crippen LogP contribution is 2.56. The van der Waals surface area contributed by atoms with Gasteiger partial charge < -0.3 is 19.6 Å². The van der Waals surface area contributed by atoms with E-state index in [1.54, 1.807) is 0 Å². The van der Waals surface area contributed by atoms with Crippen molar-refractivity contribution in [3.05, 3.63) is 5.90 Å². The molecule has 0 unspecified atom stereocenters. The van der Waals surface area contributed by atoms with Crippen molar-refractivity contribution in [3.8, 4) is 0 Å². The fourth-order valence-corrected chi connectivity index (χ4v) is 1.76. The molecular weight excluding hydrogens is 170 g/mol. The average molecular weight is 175 g/mol. The van der Waals surface area contributed by atoms with Gasteiger partial charge >= 0.3 is 15.2 Å². The van der Waals surface area contributed by atoms with Gasteiger partial charge in [-0.3, -0.25) is 9.13 Å². The molecule has 0 fully saturated rings. The summed E-state index contributed by atoms with van der Waals surface area (Å²) in [5, 5.41) is 0. The van der Waals surface area contributed by atoms with Crippen LogP contribution in [0.25, 0.3) is 0 Å². The topological polar surface area (TPSA) is 115 Å². The van der Waals surface area contributed by atoms with Gasteiger partial charge in [0.25, 0.3) is 0 Å². The van der Waals surface area contributed by atoms with E-state index in [0.717, 1.165) is 0 Å². The molecule has 0 aliphatic rings. The molecule has 0 aromatic rings. The van der Waals surface area contributed by atoms with E-state index in [-0.39, 0.29) is 5.90 Å². The summed E-state index contributed by atoms with van der Waals surface area (Å²) >= 11 is 0. The van der Waals surface area contributed by atoms with E-state index in [1.807, 2.05) is 0 Å². The molecule has 0 bridgehead atoms. The van der Waals surface area contributed by atoms with Crippen molar-refractivity contribution in [2.24, 2.45) is 0 Å². The predicted octanol–water partition coefficient (Wildman–Crippen LogP) is -0.539. The van der Waals surface area contributed by atoms with Crippen molar-refractivity contribution in [2.75, 3.05) is 0 Å². The molecule has 0 saturated heterocycles. The van der Waals surface area contributed by atoms with Crippen molar-refractivity contribution in [1.82, 2.24) is 0 Å². The smallest absolute Gasteiger partial charge is 0.324 e. The lowest BCUT2D eigenvalue weighted by Crippen LogP contribution is -1.81. The molecular formula is CH5O6P2. The average Bonchev–Trinajstić information content (AvgIpc) is 1.14. The minimum Gasteiger partial charge on any atom is -0.324 e. The first kappa shape index (κ1) is 9.30. The van der Waals surface area contributed by atoms with E-state index in [4.69, 9.17) is 19.6 Å². The molecule has 0 aliphatic heterocycles. The first-order chi connectivity index (χ1) is 3.71. The zero-order valence-electron chi connectivity index (χ0n) is 4.08. The quantitative estimate of drug-likeness (QED) is 0.419. The molecule has 8 heteroatoms. The summed E-state index contributed by atoms with van der Waals surface area (Å²) in [6, 6.07) is 0. The van der Waals surface area contributed by atoms with Crippen LogP contribution in [-0.2, 0) is 9.13 Å². The first-order valence-electron chi connectivity index (χ1n) is 1.68. The van der Waals surface area contributed by atoms with Crippen LogP contribution < -0.4 is 0 Å². The monoisotopic (exact) mass is 175 g/mol. The second-order valence-corrected chi connectivity index (χ2v) is 4.57. The van der Waals surface area contributed by atoms with Crippen molar-refractivity contribution < 1.29 is 28.7 Å². The Hall–Kier alpha value is 0.300. The summed E-state index contributed by atoms with van der Waals surface area (Å²) in [7, 11) is -9.35. The van der Waals surface area contributed by atoms with Gasteiger partial charge in [0.2, 0.25) is 0 Å². The maximum Gasteiger partial charge on any atom is 0.342 e. The Bertz CT molecular complexity index is 151. The number of rotatable bonds is 2. The molecule has 1 radical (unpaired) electrons. The third-order valence-corrected chi connectivity index (χ3v) is 2.71. The van der Waals surface area contributed by atoms with E-state index in [9.17, 15) is 9.13 Å². The van der Waals surface area contributed by atoms with E-state index >= 15 is 0 Å². The van der Waals surface area contributed by atoms with Crippen LogP contribution in [0.3, 0.4) is 0 Å². The summed E-state index contributed by atoms with van der Waals surface area (Å²) < 4.78 is 19.6. The minimum atomic E-state index is -4.68. The maximum absolute atomic E-state index is 9.79. The van der Waals surface area contributed by atoms with Crippen LogP contribution in [0.2, 0.25) is 0 Å². The molecule has 0 atom stereocenters. The van der Waals surface area contributed by atoms with Gasteiger partial charge in [0.05, 0.1) is 0 Å². The van der Waals surface area contributed by atoms with E-state index in [1.165, 1.54) is 0 Å². The third-order valence-electron chi connectivity index (χ3n) is 0.301. The molecule has 0 amide bonds. The van der Waals surface area contributed by atoms with Gasteiger partial charge in [-0.05, 0) is 0 Å². The lowest BCUT2D eigenvalue weighted by atomic mass is 11.9. The highest BCUT2D eigenvalue weighted by atomic mass is 31.2. The molecule has 0 aromatic carbocycles. The Balaban J connectivity index is 4.07. The summed E-state index contributed by atoms with van der Waals surface area (Å²) in [4.78, 5) is 31.7. The number of hydrogen-bond acceptors (Lipinski definition) is 2. The van der Waals surface area contributed by atoms with Crippen molar-refractivity contribution >= 4 is 15.2 Å². The molecule has 0 rings (SSSR count). The van der Waals surface area contributed by atoms with Crippen LogP contribution in [0.4, 0.5) is 0 Å². The van der Waals surface area contributed by atoms with Crippen molar-refractivity contribution in [3.63, 3.8) is 0 Å². The van der Waals surface area contributed by atoms with Crippen molar-refractivity contribution in [1.29, 1.82) is 0 Å². The highest BCUT2D eigenvalue weighted by Gasteiger charge is 2.27. The molecule has 6 nitrogen and oxygen atoms in total. The Morgan fingerprint density at radius 2 is 1.11 bits per heavy atom. The van der Waals surface area contributed by atoms with Crippen LogP contribution >= 0.6 is 15.2 Å². The highest BCUT2D eigenvalue weighted by molar-refractivity contribution is 7.73. The molecule has 4 N–H and O–H groups in total. The summed E-state index contributed by atoms with van der Waals surface area (Å²) in [5.74, 6) is -0.292. The fourth-order valence-electron chi connectivity index (χ4n) is 0.196. The van der Waals surface area contributed by atoms with Crippen LogP contribution in [0, 0.1) is 5.90 Å². The lowest BCUT2D eigenvalue weighted by molar-refractivity contribution is 0.366. The summed E-state index contributed by atoms with van der Waals surface area (Å²) in [5.41, 5.74) is 0. The Morgan fingerprint density at radius 3 is 1.11 bits per heavy atom. The maximum atomic E-state index is 9.79. The first-order valence-corrected chi connectivity index (χ1v) is 5.04. The molecule has 0 aliphatic carbocycles. The van der Waals surface area contributed by atoms with Gasteiger partial charge in [-0.25, -0.2) is 0 Å². The summed E-state index contributed by atoms with van der Waals surface area (Å²) in [6.07, 6.45) is 0. The Kier molecular flexibility index (Phi) is 2.58. The van der Waals surface area contributed by atoms with E-state index < -0.39 is 15.2 Å². The van der Waals surface area contributed by atoms with Crippen LogP contribution in [0.15, 0.2) is 0 Å². The second-order valence-electron chi connectivity index (χ2n) is 1.29. The minimum absolute atomic E-state index is 0.292. The third kappa shape index (κ3) is 8.30. The van der Waals surface area contributed by atoms with Gasteiger partial charge in [-0.15, -0.1) is 0 Å². The van der Waals surface area contributed by atoms with Gasteiger partial charge in [0.1, 0.15) is 0 Å². The largest absolute Gasteiger partial charge is 0.342 e. The Morgan fingerprint density at radius 1 is 0.889 bits per heavy atom. The van der Waals surface area contributed by atoms with Crippen LogP contribution in [0.5, 0.6) is 0 Å². The predicted molar refractivity (Wildman–Crippen MR) is 28.4 cm³/mol. The molecule has 0 saturated carbocycles. The molecule has 0 aromatic heterocycles. The number of hydrogen-bond donors (Lipinski definition) is 4. The standard InChI is InChI=1S/CH5O6P2/c2-8(3,4)1-9(5,6)7/h1H,(H2,2,3,4)(H2,5,6,7). The van der Waals surface area contributed by atoms with Gasteiger partial charge in [0.15, 0.2) is 5.90 Å². The second kappa shape index (κ2) is 2.50.